The lowest BCUT2D eigenvalue weighted by Crippen LogP contribution is -2.54. The molecule has 7 nitrogen and oxygen atoms in total. The molecule has 0 aromatic heterocycles. The van der Waals surface area contributed by atoms with Crippen molar-refractivity contribution in [2.24, 2.45) is 0 Å². The Bertz CT molecular complexity index is 1680. The molecule has 0 bridgehead atoms. The summed E-state index contributed by atoms with van der Waals surface area (Å²) in [7, 11) is -4.15. The summed E-state index contributed by atoms with van der Waals surface area (Å²) in [5.41, 5.74) is 3.72. The average molecular weight is 646 g/mol. The number of sulfonamides is 1. The van der Waals surface area contributed by atoms with Crippen LogP contribution in [0, 0.1) is 13.8 Å². The molecule has 1 N–H and O–H groups in total. The fraction of sp³-hybridized carbons (Fsp3) is 0.278. The zero-order valence-electron chi connectivity index (χ0n) is 26.1. The molecule has 0 aliphatic carbocycles. The van der Waals surface area contributed by atoms with Gasteiger partial charge in [0.05, 0.1) is 10.6 Å². The summed E-state index contributed by atoms with van der Waals surface area (Å²) < 4.78 is 29.4. The van der Waals surface area contributed by atoms with Gasteiger partial charge in [-0.3, -0.25) is 13.9 Å². The van der Waals surface area contributed by atoms with Gasteiger partial charge in [0.25, 0.3) is 10.0 Å². The number of halogens is 1. The van der Waals surface area contributed by atoms with Gasteiger partial charge in [-0.15, -0.1) is 0 Å². The second-order valence-electron chi connectivity index (χ2n) is 11.3. The van der Waals surface area contributed by atoms with Crippen LogP contribution in [0.3, 0.4) is 0 Å². The maximum absolute atomic E-state index is 14.6. The van der Waals surface area contributed by atoms with Gasteiger partial charge >= 0.3 is 0 Å². The standard InChI is InChI=1S/C36H40ClN3O4S/c1-5-28(4)38-36(42)34(23-29-12-8-6-9-13-29)39(24-30-16-18-31(37)19-17-30)35(41)25-40(32-21-26(2)20-27(3)22-32)45(43,44)33-14-10-7-11-15-33/h6-22,28,34H,5,23-25H2,1-4H3,(H,38,42)/t28-,34-/m0/s1. The Balaban J connectivity index is 1.82. The zero-order valence-corrected chi connectivity index (χ0v) is 27.7. The summed E-state index contributed by atoms with van der Waals surface area (Å²) >= 11 is 6.16. The van der Waals surface area contributed by atoms with Crippen molar-refractivity contribution < 1.29 is 18.0 Å². The molecule has 0 aliphatic heterocycles. The normalized spacial score (nSPS) is 12.6. The van der Waals surface area contributed by atoms with E-state index in [9.17, 15) is 18.0 Å². The van der Waals surface area contributed by atoms with Crippen molar-refractivity contribution in [3.63, 3.8) is 0 Å². The van der Waals surface area contributed by atoms with E-state index < -0.39 is 28.5 Å². The maximum atomic E-state index is 14.6. The molecule has 0 fully saturated rings. The molecule has 4 aromatic carbocycles. The SMILES string of the molecule is CC[C@H](C)NC(=O)[C@H](Cc1ccccc1)N(Cc1ccc(Cl)cc1)C(=O)CN(c1cc(C)cc(C)c1)S(=O)(=O)c1ccccc1. The molecule has 0 heterocycles. The number of hydrogen-bond acceptors (Lipinski definition) is 4. The Morgan fingerprint density at radius 1 is 0.822 bits per heavy atom. The fourth-order valence-corrected chi connectivity index (χ4v) is 6.67. The zero-order chi connectivity index (χ0) is 32.6. The lowest BCUT2D eigenvalue weighted by Gasteiger charge is -2.34. The topological polar surface area (TPSA) is 86.8 Å². The van der Waals surface area contributed by atoms with Gasteiger partial charge in [0.1, 0.15) is 12.6 Å². The summed E-state index contributed by atoms with van der Waals surface area (Å²) in [5, 5.41) is 3.59. The van der Waals surface area contributed by atoms with E-state index in [0.29, 0.717) is 17.1 Å². The molecule has 0 unspecified atom stereocenters. The molecule has 2 atom stereocenters. The smallest absolute Gasteiger partial charge is 0.264 e. The van der Waals surface area contributed by atoms with E-state index in [1.807, 2.05) is 64.1 Å². The first kappa shape index (κ1) is 33.7. The van der Waals surface area contributed by atoms with Crippen LogP contribution in [0.4, 0.5) is 5.69 Å². The maximum Gasteiger partial charge on any atom is 0.264 e. The number of rotatable bonds is 13. The van der Waals surface area contributed by atoms with Gasteiger partial charge in [-0.2, -0.15) is 0 Å². The fourth-order valence-electron chi connectivity index (χ4n) is 5.12. The average Bonchev–Trinajstić information content (AvgIpc) is 3.02. The summed E-state index contributed by atoms with van der Waals surface area (Å²) in [6.07, 6.45) is 0.960. The van der Waals surface area contributed by atoms with Crippen LogP contribution >= 0.6 is 11.6 Å². The number of aryl methyl sites for hydroxylation is 2. The van der Waals surface area contributed by atoms with E-state index in [0.717, 1.165) is 26.6 Å². The summed E-state index contributed by atoms with van der Waals surface area (Å²) in [5.74, 6) is -0.816. The number of benzene rings is 4. The summed E-state index contributed by atoms with van der Waals surface area (Å²) in [6, 6.07) is 29.0. The number of hydrogen-bond donors (Lipinski definition) is 1. The Morgan fingerprint density at radius 3 is 1.98 bits per heavy atom. The monoisotopic (exact) mass is 645 g/mol. The first-order valence-electron chi connectivity index (χ1n) is 15.0. The second kappa shape index (κ2) is 15.2. The molecule has 2 amide bonds. The third-order valence-electron chi connectivity index (χ3n) is 7.64. The molecular formula is C36H40ClN3O4S. The second-order valence-corrected chi connectivity index (χ2v) is 13.6. The van der Waals surface area contributed by atoms with Crippen LogP contribution in [0.2, 0.25) is 5.02 Å². The van der Waals surface area contributed by atoms with Crippen molar-refractivity contribution in [2.75, 3.05) is 10.8 Å². The van der Waals surface area contributed by atoms with E-state index in [4.69, 9.17) is 11.6 Å². The molecule has 4 aromatic rings. The van der Waals surface area contributed by atoms with Crippen LogP contribution in [0.1, 0.15) is 42.5 Å². The van der Waals surface area contributed by atoms with Gasteiger partial charge in [-0.05, 0) is 85.8 Å². The Labute approximate surface area is 271 Å². The van der Waals surface area contributed by atoms with Crippen molar-refractivity contribution in [3.05, 3.63) is 130 Å². The van der Waals surface area contributed by atoms with Gasteiger partial charge in [0.15, 0.2) is 0 Å². The van der Waals surface area contributed by atoms with Gasteiger partial charge in [-0.25, -0.2) is 8.42 Å². The van der Waals surface area contributed by atoms with Crippen LogP contribution in [-0.2, 0) is 32.6 Å². The first-order valence-corrected chi connectivity index (χ1v) is 16.8. The molecule has 0 aliphatic rings. The van der Waals surface area contributed by atoms with Crippen molar-refractivity contribution in [1.82, 2.24) is 10.2 Å². The third kappa shape index (κ3) is 8.96. The van der Waals surface area contributed by atoms with E-state index >= 15 is 0 Å². The minimum absolute atomic E-state index is 0.0663. The number of amides is 2. The molecule has 236 valence electrons. The van der Waals surface area contributed by atoms with Crippen LogP contribution in [0.25, 0.3) is 0 Å². The lowest BCUT2D eigenvalue weighted by atomic mass is 10.0. The number of carbonyl (C=O) groups excluding carboxylic acids is 2. The number of nitrogens with zero attached hydrogens (tertiary/aromatic N) is 2. The Morgan fingerprint density at radius 2 is 1.40 bits per heavy atom. The Kier molecular flexibility index (Phi) is 11.4. The van der Waals surface area contributed by atoms with Gasteiger partial charge < -0.3 is 10.2 Å². The quantitative estimate of drug-likeness (QED) is 0.175. The van der Waals surface area contributed by atoms with Crippen molar-refractivity contribution in [3.8, 4) is 0 Å². The summed E-state index contributed by atoms with van der Waals surface area (Å²) in [6.45, 7) is 7.23. The highest BCUT2D eigenvalue weighted by molar-refractivity contribution is 7.92. The molecule has 4 rings (SSSR count). The lowest BCUT2D eigenvalue weighted by molar-refractivity contribution is -0.140. The number of nitrogens with one attached hydrogen (secondary N) is 1. The highest BCUT2D eigenvalue weighted by Gasteiger charge is 2.35. The summed E-state index contributed by atoms with van der Waals surface area (Å²) in [4.78, 5) is 30.0. The largest absolute Gasteiger partial charge is 0.352 e. The highest BCUT2D eigenvalue weighted by Crippen LogP contribution is 2.27. The molecule has 0 saturated heterocycles. The van der Waals surface area contributed by atoms with E-state index in [1.54, 1.807) is 54.6 Å². The molecule has 45 heavy (non-hydrogen) atoms. The van der Waals surface area contributed by atoms with E-state index in [2.05, 4.69) is 5.32 Å². The van der Waals surface area contributed by atoms with Gasteiger partial charge in [0.2, 0.25) is 11.8 Å². The number of carbonyl (C=O) groups is 2. The van der Waals surface area contributed by atoms with Crippen LogP contribution in [0.5, 0.6) is 0 Å². The number of anilines is 1. The van der Waals surface area contributed by atoms with Crippen LogP contribution in [0.15, 0.2) is 108 Å². The first-order chi connectivity index (χ1) is 21.5. The van der Waals surface area contributed by atoms with Crippen molar-refractivity contribution in [1.29, 1.82) is 0 Å². The highest BCUT2D eigenvalue weighted by atomic mass is 35.5. The van der Waals surface area contributed by atoms with Crippen molar-refractivity contribution in [2.45, 2.75) is 64.1 Å². The van der Waals surface area contributed by atoms with Crippen molar-refractivity contribution >= 4 is 39.1 Å². The molecule has 0 spiro atoms. The minimum Gasteiger partial charge on any atom is -0.352 e. The Hall–Kier alpha value is -4.14. The molecule has 9 heteroatoms. The predicted molar refractivity (Wildman–Crippen MR) is 181 cm³/mol. The molecule has 0 radical (unpaired) electrons. The predicted octanol–water partition coefficient (Wildman–Crippen LogP) is 6.71. The van der Waals surface area contributed by atoms with Gasteiger partial charge in [0, 0.05) is 24.0 Å². The van der Waals surface area contributed by atoms with E-state index in [-0.39, 0.29) is 29.8 Å². The van der Waals surface area contributed by atoms with Crippen LogP contribution in [-0.4, -0.2) is 43.8 Å². The van der Waals surface area contributed by atoms with Gasteiger partial charge in [-0.1, -0.05) is 85.3 Å². The van der Waals surface area contributed by atoms with Crippen LogP contribution < -0.4 is 9.62 Å². The third-order valence-corrected chi connectivity index (χ3v) is 9.68. The molecule has 0 saturated carbocycles. The minimum atomic E-state index is -4.15. The molecular weight excluding hydrogens is 606 g/mol. The van der Waals surface area contributed by atoms with E-state index in [1.165, 1.54) is 17.0 Å².